The molecule has 0 bridgehead atoms. The average Bonchev–Trinajstić information content (AvgIpc) is 3.00. The molecule has 0 aliphatic rings. The van der Waals surface area contributed by atoms with E-state index in [-0.39, 0.29) is 5.69 Å². The molecule has 2 aromatic heterocycles. The number of aromatic nitrogens is 4. The van der Waals surface area contributed by atoms with Crippen LogP contribution in [0, 0.1) is 20.8 Å². The number of aromatic carboxylic acids is 1. The third kappa shape index (κ3) is 2.83. The summed E-state index contributed by atoms with van der Waals surface area (Å²) in [5.41, 5.74) is 3.79. The normalized spacial score (nSPS) is 10.7. The number of carbonyl (C=O) groups is 1. The molecule has 0 amide bonds. The Morgan fingerprint density at radius 1 is 1.09 bits per heavy atom. The molecule has 23 heavy (non-hydrogen) atoms. The molecule has 0 fully saturated rings. The topological polar surface area (TPSA) is 80.9 Å². The lowest BCUT2D eigenvalue weighted by molar-refractivity contribution is 0.0691. The molecule has 0 saturated carbocycles. The fourth-order valence-electron chi connectivity index (χ4n) is 2.25. The Hall–Kier alpha value is -3.02. The summed E-state index contributed by atoms with van der Waals surface area (Å²) in [6, 6.07) is 7.96. The van der Waals surface area contributed by atoms with E-state index in [1.807, 2.05) is 45.0 Å². The Morgan fingerprint density at radius 2 is 1.78 bits per heavy atom. The highest BCUT2D eigenvalue weighted by atomic mass is 16.4. The number of carboxylic acid groups (broad SMARTS) is 1. The smallest absolute Gasteiger partial charge is 0.356 e. The standard InChI is InChI=1S/C17H16N4O2/c1-10-4-6-13(7-5-10)15-19-12(3)11(2)16(20-15)21-8-14(17(22)23)18-9-21/h4-9H,1-3H3,(H,22,23). The van der Waals surface area contributed by atoms with E-state index in [0.29, 0.717) is 11.6 Å². The van der Waals surface area contributed by atoms with Crippen LogP contribution in [0.4, 0.5) is 0 Å². The molecule has 0 unspecified atom stereocenters. The predicted molar refractivity (Wildman–Crippen MR) is 85.8 cm³/mol. The summed E-state index contributed by atoms with van der Waals surface area (Å²) in [7, 11) is 0. The fraction of sp³-hybridized carbons (Fsp3) is 0.176. The van der Waals surface area contributed by atoms with E-state index in [0.717, 1.165) is 16.8 Å². The number of nitrogens with zero attached hydrogens (tertiary/aromatic N) is 4. The Kier molecular flexibility index (Phi) is 3.65. The van der Waals surface area contributed by atoms with Crippen LogP contribution in [-0.4, -0.2) is 30.6 Å². The van der Waals surface area contributed by atoms with E-state index in [9.17, 15) is 4.79 Å². The SMILES string of the molecule is Cc1ccc(-c2nc(C)c(C)c(-n3cnc(C(=O)O)c3)n2)cc1. The Balaban J connectivity index is 2.13. The first-order chi connectivity index (χ1) is 11.0. The lowest BCUT2D eigenvalue weighted by Gasteiger charge is -2.11. The average molecular weight is 308 g/mol. The van der Waals surface area contributed by atoms with Gasteiger partial charge in [0.15, 0.2) is 11.5 Å². The number of hydrogen-bond donors (Lipinski definition) is 1. The zero-order valence-corrected chi connectivity index (χ0v) is 13.1. The minimum absolute atomic E-state index is 0.0162. The maximum absolute atomic E-state index is 11.0. The van der Waals surface area contributed by atoms with Crippen LogP contribution in [0.15, 0.2) is 36.8 Å². The van der Waals surface area contributed by atoms with Crippen molar-refractivity contribution in [2.75, 3.05) is 0 Å². The summed E-state index contributed by atoms with van der Waals surface area (Å²) in [4.78, 5) is 24.0. The van der Waals surface area contributed by atoms with Gasteiger partial charge >= 0.3 is 5.97 Å². The van der Waals surface area contributed by atoms with E-state index < -0.39 is 5.97 Å². The van der Waals surface area contributed by atoms with Crippen molar-refractivity contribution in [2.45, 2.75) is 20.8 Å². The molecule has 0 atom stereocenters. The van der Waals surface area contributed by atoms with Gasteiger partial charge in [0.05, 0.1) is 0 Å². The predicted octanol–water partition coefficient (Wildman–Crippen LogP) is 2.95. The molecule has 6 heteroatoms. The first-order valence-electron chi connectivity index (χ1n) is 7.15. The van der Waals surface area contributed by atoms with E-state index in [1.165, 1.54) is 18.1 Å². The van der Waals surface area contributed by atoms with Crippen molar-refractivity contribution in [2.24, 2.45) is 0 Å². The second-order valence-electron chi connectivity index (χ2n) is 5.42. The second kappa shape index (κ2) is 5.64. The minimum atomic E-state index is -1.06. The van der Waals surface area contributed by atoms with Gasteiger partial charge < -0.3 is 5.11 Å². The number of imidazole rings is 1. The minimum Gasteiger partial charge on any atom is -0.476 e. The quantitative estimate of drug-likeness (QED) is 0.804. The van der Waals surface area contributed by atoms with E-state index in [1.54, 1.807) is 4.57 Å². The van der Waals surface area contributed by atoms with Gasteiger partial charge in [-0.25, -0.2) is 19.7 Å². The van der Waals surface area contributed by atoms with Crippen LogP contribution in [0.25, 0.3) is 17.2 Å². The maximum Gasteiger partial charge on any atom is 0.356 e. The van der Waals surface area contributed by atoms with Crippen molar-refractivity contribution in [3.05, 3.63) is 59.3 Å². The Labute approximate surface area is 133 Å². The number of hydrogen-bond acceptors (Lipinski definition) is 4. The maximum atomic E-state index is 11.0. The molecule has 0 aliphatic carbocycles. The molecule has 3 aromatic rings. The number of aryl methyl sites for hydroxylation is 2. The molecule has 116 valence electrons. The molecule has 1 aromatic carbocycles. The van der Waals surface area contributed by atoms with E-state index in [4.69, 9.17) is 5.11 Å². The molecule has 2 heterocycles. The molecule has 0 saturated heterocycles. The van der Waals surface area contributed by atoms with Gasteiger partial charge in [0.25, 0.3) is 0 Å². The molecule has 1 N–H and O–H groups in total. The van der Waals surface area contributed by atoms with Crippen molar-refractivity contribution >= 4 is 5.97 Å². The Morgan fingerprint density at radius 3 is 2.39 bits per heavy atom. The van der Waals surface area contributed by atoms with Crippen molar-refractivity contribution in [1.82, 2.24) is 19.5 Å². The molecular weight excluding hydrogens is 292 g/mol. The van der Waals surface area contributed by atoms with Gasteiger partial charge in [-0.1, -0.05) is 29.8 Å². The van der Waals surface area contributed by atoms with Crippen molar-refractivity contribution in [1.29, 1.82) is 0 Å². The summed E-state index contributed by atoms with van der Waals surface area (Å²) in [6.45, 7) is 5.84. The molecule has 6 nitrogen and oxygen atoms in total. The summed E-state index contributed by atoms with van der Waals surface area (Å²) >= 11 is 0. The van der Waals surface area contributed by atoms with Crippen LogP contribution in [0.5, 0.6) is 0 Å². The highest BCUT2D eigenvalue weighted by Crippen LogP contribution is 2.21. The largest absolute Gasteiger partial charge is 0.476 e. The van der Waals surface area contributed by atoms with Crippen molar-refractivity contribution < 1.29 is 9.90 Å². The van der Waals surface area contributed by atoms with Crippen LogP contribution in [0.2, 0.25) is 0 Å². The summed E-state index contributed by atoms with van der Waals surface area (Å²) in [6.07, 6.45) is 2.91. The third-order valence-electron chi connectivity index (χ3n) is 3.72. The monoisotopic (exact) mass is 308 g/mol. The molecular formula is C17H16N4O2. The number of rotatable bonds is 3. The van der Waals surface area contributed by atoms with Crippen LogP contribution in [0.1, 0.15) is 27.3 Å². The zero-order valence-electron chi connectivity index (χ0n) is 13.1. The van der Waals surface area contributed by atoms with Gasteiger partial charge in [0, 0.05) is 23.0 Å². The highest BCUT2D eigenvalue weighted by molar-refractivity contribution is 5.85. The first-order valence-corrected chi connectivity index (χ1v) is 7.15. The lowest BCUT2D eigenvalue weighted by Crippen LogP contribution is -2.05. The number of benzene rings is 1. The summed E-state index contributed by atoms with van der Waals surface area (Å²) < 4.78 is 1.62. The summed E-state index contributed by atoms with van der Waals surface area (Å²) in [5.74, 6) is 0.174. The van der Waals surface area contributed by atoms with Gasteiger partial charge in [0.2, 0.25) is 0 Å². The van der Waals surface area contributed by atoms with Gasteiger partial charge in [-0.2, -0.15) is 0 Å². The molecule has 0 radical (unpaired) electrons. The molecule has 0 aliphatic heterocycles. The lowest BCUT2D eigenvalue weighted by atomic mass is 10.1. The van der Waals surface area contributed by atoms with Crippen molar-refractivity contribution in [3.63, 3.8) is 0 Å². The van der Waals surface area contributed by atoms with Crippen LogP contribution in [0.3, 0.4) is 0 Å². The fourth-order valence-corrected chi connectivity index (χ4v) is 2.25. The van der Waals surface area contributed by atoms with Gasteiger partial charge in [-0.15, -0.1) is 0 Å². The highest BCUT2D eigenvalue weighted by Gasteiger charge is 2.14. The van der Waals surface area contributed by atoms with Crippen LogP contribution in [-0.2, 0) is 0 Å². The van der Waals surface area contributed by atoms with Crippen molar-refractivity contribution in [3.8, 4) is 17.2 Å². The summed E-state index contributed by atoms with van der Waals surface area (Å²) in [5, 5.41) is 9.02. The number of carboxylic acids is 1. The Bertz CT molecular complexity index is 882. The van der Waals surface area contributed by atoms with Gasteiger partial charge in [-0.05, 0) is 20.8 Å². The van der Waals surface area contributed by atoms with Crippen LogP contribution >= 0.6 is 0 Å². The van der Waals surface area contributed by atoms with E-state index in [2.05, 4.69) is 15.0 Å². The van der Waals surface area contributed by atoms with E-state index >= 15 is 0 Å². The first kappa shape index (κ1) is 14.9. The molecule has 0 spiro atoms. The zero-order chi connectivity index (χ0) is 16.6. The second-order valence-corrected chi connectivity index (χ2v) is 5.42. The van der Waals surface area contributed by atoms with Gasteiger partial charge in [-0.3, -0.25) is 4.57 Å². The van der Waals surface area contributed by atoms with Gasteiger partial charge in [0.1, 0.15) is 12.1 Å². The third-order valence-corrected chi connectivity index (χ3v) is 3.72. The van der Waals surface area contributed by atoms with Crippen LogP contribution < -0.4 is 0 Å². The molecule has 3 rings (SSSR count).